The summed E-state index contributed by atoms with van der Waals surface area (Å²) in [6, 6.07) is 2.09. The Balaban J connectivity index is 0.000000271. The number of hydrogen-bond donors (Lipinski definition) is 3. The Morgan fingerprint density at radius 2 is 1.78 bits per heavy atom. The van der Waals surface area contributed by atoms with Crippen LogP contribution in [-0.2, 0) is 11.0 Å². The summed E-state index contributed by atoms with van der Waals surface area (Å²) >= 11 is 1.22. The topological polar surface area (TPSA) is 102 Å². The van der Waals surface area contributed by atoms with E-state index in [1.165, 1.54) is 29.5 Å². The number of aliphatic carboxylic acids is 1. The molecule has 0 aromatic heterocycles. The summed E-state index contributed by atoms with van der Waals surface area (Å²) in [4.78, 5) is 13.6. The predicted octanol–water partition coefficient (Wildman–Crippen LogP) is 4.34. The molecular formula is C15H14F6IN3O2. The number of nitrogen functional groups attached to an aromatic ring is 2. The van der Waals surface area contributed by atoms with Crippen LogP contribution in [0.5, 0.6) is 0 Å². The summed E-state index contributed by atoms with van der Waals surface area (Å²) in [5, 5.41) is 8.45. The number of halogens is 7. The largest absolute Gasteiger partial charge is 0.477 e. The van der Waals surface area contributed by atoms with E-state index in [4.69, 9.17) is 16.6 Å². The van der Waals surface area contributed by atoms with Crippen LogP contribution in [0.25, 0.3) is 0 Å². The van der Waals surface area contributed by atoms with Gasteiger partial charge in [0, 0.05) is 6.21 Å². The Morgan fingerprint density at radius 1 is 1.22 bits per heavy atom. The number of benzene rings is 1. The lowest BCUT2D eigenvalue weighted by Crippen LogP contribution is -2.41. The number of carboxylic acids is 1. The maximum atomic E-state index is 12.4. The first kappa shape index (κ1) is 23.0. The van der Waals surface area contributed by atoms with E-state index < -0.39 is 33.7 Å². The maximum Gasteiger partial charge on any atom is 0.416 e. The Morgan fingerprint density at radius 3 is 2.15 bits per heavy atom. The van der Waals surface area contributed by atoms with Gasteiger partial charge in [-0.3, -0.25) is 4.99 Å². The first-order chi connectivity index (χ1) is 12.1. The number of hydrogen-bond acceptors (Lipinski definition) is 4. The lowest BCUT2D eigenvalue weighted by molar-refractivity contribution is -0.138. The highest BCUT2D eigenvalue weighted by Gasteiger charge is 2.52. The molecule has 0 fully saturated rings. The minimum Gasteiger partial charge on any atom is -0.477 e. The fourth-order valence-corrected chi connectivity index (χ4v) is 2.27. The molecule has 1 aromatic carbocycles. The van der Waals surface area contributed by atoms with E-state index in [1.54, 1.807) is 0 Å². The van der Waals surface area contributed by atoms with Crippen molar-refractivity contribution in [1.29, 1.82) is 0 Å². The molecule has 1 aliphatic rings. The molecule has 27 heavy (non-hydrogen) atoms. The molecule has 1 atom stereocenters. The molecule has 1 aliphatic heterocycles. The molecule has 0 saturated carbocycles. The average molecular weight is 509 g/mol. The first-order valence-corrected chi connectivity index (χ1v) is 8.14. The van der Waals surface area contributed by atoms with E-state index in [1.807, 2.05) is 0 Å². The van der Waals surface area contributed by atoms with Crippen LogP contribution in [0.3, 0.4) is 0 Å². The van der Waals surface area contributed by atoms with Crippen molar-refractivity contribution in [1.82, 2.24) is 0 Å². The summed E-state index contributed by atoms with van der Waals surface area (Å²) in [5.41, 5.74) is 9.76. The molecule has 1 heterocycles. The molecule has 1 aromatic rings. The number of anilines is 2. The number of nitrogens with zero attached hydrogens (tertiary/aromatic N) is 1. The Bertz CT molecular complexity index is 789. The minimum absolute atomic E-state index is 0.00479. The number of rotatable bonds is 1. The van der Waals surface area contributed by atoms with E-state index in [9.17, 15) is 31.1 Å². The van der Waals surface area contributed by atoms with Gasteiger partial charge < -0.3 is 16.6 Å². The standard InChI is InChI=1S/C8H9F3N2.C7H5F3INO2/c1-4-5(8(9,10)11)2-3-6(12)7(4)13;8-7(9,10)6(11)2-1-4(5(13)14)12-3-6/h2-3H,12-13H2,1H3;1,3H,2H2,(H,13,14). The van der Waals surface area contributed by atoms with Gasteiger partial charge in [-0.2, -0.15) is 26.3 Å². The van der Waals surface area contributed by atoms with Gasteiger partial charge in [-0.15, -0.1) is 0 Å². The van der Waals surface area contributed by atoms with Crippen LogP contribution in [0.4, 0.5) is 37.7 Å². The lowest BCUT2D eigenvalue weighted by atomic mass is 10.0. The van der Waals surface area contributed by atoms with Crippen LogP contribution in [0.2, 0.25) is 0 Å². The molecule has 5 N–H and O–H groups in total. The maximum absolute atomic E-state index is 12.4. The summed E-state index contributed by atoms with van der Waals surface area (Å²) in [6.07, 6.45) is -7.58. The third kappa shape index (κ3) is 5.49. The van der Waals surface area contributed by atoms with Crippen molar-refractivity contribution in [3.8, 4) is 0 Å². The highest BCUT2D eigenvalue weighted by atomic mass is 127. The molecule has 12 heteroatoms. The second-order valence-electron chi connectivity index (χ2n) is 5.46. The van der Waals surface area contributed by atoms with Crippen LogP contribution < -0.4 is 11.5 Å². The van der Waals surface area contributed by atoms with E-state index in [2.05, 4.69) is 4.99 Å². The molecule has 1 unspecified atom stereocenters. The molecule has 0 spiro atoms. The van der Waals surface area contributed by atoms with Crippen molar-refractivity contribution in [2.24, 2.45) is 4.99 Å². The molecule has 2 rings (SSSR count). The van der Waals surface area contributed by atoms with Crippen LogP contribution in [0, 0.1) is 6.92 Å². The van der Waals surface area contributed by atoms with Crippen LogP contribution in [0.1, 0.15) is 17.5 Å². The first-order valence-electron chi connectivity index (χ1n) is 7.06. The van der Waals surface area contributed by atoms with Gasteiger partial charge in [-0.25, -0.2) is 4.79 Å². The Labute approximate surface area is 163 Å². The number of aliphatic imine (C=N–C) groups is 1. The van der Waals surface area contributed by atoms with Gasteiger partial charge in [0.25, 0.3) is 0 Å². The summed E-state index contributed by atoms with van der Waals surface area (Å²) in [6.45, 7) is 1.30. The zero-order chi connectivity index (χ0) is 21.2. The molecule has 0 bridgehead atoms. The molecule has 5 nitrogen and oxygen atoms in total. The molecule has 0 saturated heterocycles. The van der Waals surface area contributed by atoms with E-state index in [-0.39, 0.29) is 22.6 Å². The Hall–Kier alpha value is -1.99. The monoisotopic (exact) mass is 509 g/mol. The summed E-state index contributed by atoms with van der Waals surface area (Å²) in [5.74, 6) is -1.32. The minimum atomic E-state index is -4.42. The van der Waals surface area contributed by atoms with Crippen LogP contribution >= 0.6 is 22.6 Å². The molecule has 0 aliphatic carbocycles. The SMILES string of the molecule is Cc1c(C(F)(F)F)ccc(N)c1N.O=C(O)C1=CCC(I)(C(F)(F)F)C=N1. The van der Waals surface area contributed by atoms with Gasteiger partial charge >= 0.3 is 18.3 Å². The zero-order valence-electron chi connectivity index (χ0n) is 13.6. The lowest BCUT2D eigenvalue weighted by Gasteiger charge is -2.26. The van der Waals surface area contributed by atoms with Gasteiger partial charge in [-0.1, -0.05) is 22.6 Å². The fourth-order valence-electron chi connectivity index (χ4n) is 1.91. The number of allylic oxidation sites excluding steroid dienone is 1. The smallest absolute Gasteiger partial charge is 0.416 e. The van der Waals surface area contributed by atoms with Gasteiger partial charge in [0.15, 0.2) is 3.42 Å². The van der Waals surface area contributed by atoms with Crippen molar-refractivity contribution in [3.63, 3.8) is 0 Å². The third-order valence-electron chi connectivity index (χ3n) is 3.55. The van der Waals surface area contributed by atoms with Crippen molar-refractivity contribution in [2.75, 3.05) is 11.5 Å². The van der Waals surface area contributed by atoms with Gasteiger partial charge in [-0.05, 0) is 37.1 Å². The second-order valence-corrected chi connectivity index (χ2v) is 7.38. The molecule has 150 valence electrons. The third-order valence-corrected chi connectivity index (χ3v) is 4.88. The summed E-state index contributed by atoms with van der Waals surface area (Å²) in [7, 11) is 0. The van der Waals surface area contributed by atoms with Crippen LogP contribution in [-0.4, -0.2) is 26.9 Å². The van der Waals surface area contributed by atoms with Crippen molar-refractivity contribution >= 4 is 46.1 Å². The average Bonchev–Trinajstić information content (AvgIpc) is 2.51. The number of alkyl halides is 7. The van der Waals surface area contributed by atoms with Gasteiger partial charge in [0.1, 0.15) is 5.70 Å². The number of carboxylic acid groups (broad SMARTS) is 1. The fraction of sp³-hybridized carbons (Fsp3) is 0.333. The number of nitrogens with two attached hydrogens (primary N) is 2. The van der Waals surface area contributed by atoms with E-state index >= 15 is 0 Å². The molecular weight excluding hydrogens is 495 g/mol. The Kier molecular flexibility index (Phi) is 6.78. The van der Waals surface area contributed by atoms with Gasteiger partial charge in [0.2, 0.25) is 0 Å². The van der Waals surface area contributed by atoms with Gasteiger partial charge in [0.05, 0.1) is 16.9 Å². The van der Waals surface area contributed by atoms with E-state index in [0.717, 1.165) is 18.2 Å². The zero-order valence-corrected chi connectivity index (χ0v) is 15.8. The summed E-state index contributed by atoms with van der Waals surface area (Å²) < 4.78 is 71.8. The number of carbonyl (C=O) groups is 1. The molecule has 0 radical (unpaired) electrons. The van der Waals surface area contributed by atoms with Crippen molar-refractivity contribution in [2.45, 2.75) is 29.1 Å². The second kappa shape index (κ2) is 7.94. The van der Waals surface area contributed by atoms with E-state index in [0.29, 0.717) is 6.21 Å². The highest BCUT2D eigenvalue weighted by molar-refractivity contribution is 14.1. The highest BCUT2D eigenvalue weighted by Crippen LogP contribution is 2.42. The van der Waals surface area contributed by atoms with Crippen molar-refractivity contribution < 1.29 is 36.2 Å². The predicted molar refractivity (Wildman–Crippen MR) is 96.6 cm³/mol. The van der Waals surface area contributed by atoms with Crippen molar-refractivity contribution in [3.05, 3.63) is 35.0 Å². The quantitative estimate of drug-likeness (QED) is 0.227. The normalized spacial score (nSPS) is 19.8. The van der Waals surface area contributed by atoms with Crippen LogP contribution in [0.15, 0.2) is 28.9 Å². The molecule has 0 amide bonds.